The minimum absolute atomic E-state index is 0.348. The fourth-order valence-electron chi connectivity index (χ4n) is 2.89. The largest absolute Gasteiger partial charge is 0.359 e. The molecule has 0 saturated heterocycles. The van der Waals surface area contributed by atoms with E-state index in [1.54, 1.807) is 16.9 Å². The van der Waals surface area contributed by atoms with Crippen molar-refractivity contribution < 1.29 is 9.32 Å². The standard InChI is InChI=1S/C18H20N6O2/c1-10-8-11(2)24(22-10)15-7-6-14(9-19-15)20-18(25)21-16-12(3)23-26-17(16)13-4-5-13/h6-9,13H,4-5H2,1-3H3,(H2,20,21,25). The third kappa shape index (κ3) is 3.17. The van der Waals surface area contributed by atoms with Crippen molar-refractivity contribution in [3.63, 3.8) is 0 Å². The van der Waals surface area contributed by atoms with Gasteiger partial charge in [0, 0.05) is 11.6 Å². The number of anilines is 2. The lowest BCUT2D eigenvalue weighted by molar-refractivity contribution is 0.262. The first kappa shape index (κ1) is 16.3. The van der Waals surface area contributed by atoms with Crippen LogP contribution in [-0.2, 0) is 0 Å². The maximum absolute atomic E-state index is 12.3. The fourth-order valence-corrected chi connectivity index (χ4v) is 2.89. The van der Waals surface area contributed by atoms with Crippen LogP contribution in [0.15, 0.2) is 28.9 Å². The number of nitrogens with one attached hydrogen (secondary N) is 2. The molecular formula is C18H20N6O2. The van der Waals surface area contributed by atoms with Crippen molar-refractivity contribution in [2.24, 2.45) is 0 Å². The van der Waals surface area contributed by atoms with Gasteiger partial charge in [0.1, 0.15) is 11.4 Å². The highest BCUT2D eigenvalue weighted by molar-refractivity contribution is 6.00. The van der Waals surface area contributed by atoms with E-state index in [0.29, 0.717) is 28.8 Å². The summed E-state index contributed by atoms with van der Waals surface area (Å²) in [4.78, 5) is 16.7. The van der Waals surface area contributed by atoms with E-state index in [0.717, 1.165) is 30.0 Å². The SMILES string of the molecule is Cc1cc(C)n(-c2ccc(NC(=O)Nc3c(C)noc3C3CC3)cn2)n1. The van der Waals surface area contributed by atoms with Crippen LogP contribution in [0.3, 0.4) is 0 Å². The molecule has 0 aromatic carbocycles. The molecule has 2 amide bonds. The Morgan fingerprint density at radius 2 is 2.04 bits per heavy atom. The van der Waals surface area contributed by atoms with Crippen molar-refractivity contribution in [2.75, 3.05) is 10.6 Å². The van der Waals surface area contributed by atoms with Gasteiger partial charge < -0.3 is 15.2 Å². The second-order valence-electron chi connectivity index (χ2n) is 6.60. The molecule has 0 atom stereocenters. The van der Waals surface area contributed by atoms with Gasteiger partial charge in [0.05, 0.1) is 17.6 Å². The lowest BCUT2D eigenvalue weighted by Crippen LogP contribution is -2.20. The number of aryl methyl sites for hydroxylation is 3. The average Bonchev–Trinajstić information content (AvgIpc) is 3.31. The molecule has 1 aliphatic rings. The Morgan fingerprint density at radius 1 is 1.23 bits per heavy atom. The van der Waals surface area contributed by atoms with E-state index in [9.17, 15) is 4.79 Å². The molecule has 2 N–H and O–H groups in total. The number of hydrogen-bond donors (Lipinski definition) is 2. The van der Waals surface area contributed by atoms with Crippen molar-refractivity contribution in [3.05, 3.63) is 47.2 Å². The highest BCUT2D eigenvalue weighted by Gasteiger charge is 2.32. The molecule has 1 saturated carbocycles. The molecule has 0 bridgehead atoms. The van der Waals surface area contributed by atoms with Crippen LogP contribution in [0.4, 0.5) is 16.2 Å². The van der Waals surface area contributed by atoms with E-state index in [4.69, 9.17) is 4.52 Å². The monoisotopic (exact) mass is 352 g/mol. The first-order valence-corrected chi connectivity index (χ1v) is 8.55. The summed E-state index contributed by atoms with van der Waals surface area (Å²) in [6, 6.07) is 5.24. The molecule has 4 rings (SSSR count). The van der Waals surface area contributed by atoms with Gasteiger partial charge in [-0.15, -0.1) is 0 Å². The van der Waals surface area contributed by atoms with E-state index < -0.39 is 0 Å². The van der Waals surface area contributed by atoms with Crippen molar-refractivity contribution in [1.29, 1.82) is 0 Å². The van der Waals surface area contributed by atoms with E-state index in [1.807, 2.05) is 32.9 Å². The van der Waals surface area contributed by atoms with Crippen molar-refractivity contribution in [2.45, 2.75) is 39.5 Å². The number of nitrogens with zero attached hydrogens (tertiary/aromatic N) is 4. The van der Waals surface area contributed by atoms with Gasteiger partial charge in [0.15, 0.2) is 11.6 Å². The van der Waals surface area contributed by atoms with Gasteiger partial charge in [-0.3, -0.25) is 0 Å². The lowest BCUT2D eigenvalue weighted by Gasteiger charge is -2.09. The first-order chi connectivity index (χ1) is 12.5. The third-order valence-corrected chi connectivity index (χ3v) is 4.31. The van der Waals surface area contributed by atoms with Crippen LogP contribution in [0.25, 0.3) is 5.82 Å². The fraction of sp³-hybridized carbons (Fsp3) is 0.333. The summed E-state index contributed by atoms with van der Waals surface area (Å²) < 4.78 is 7.10. The minimum atomic E-state index is -0.348. The summed E-state index contributed by atoms with van der Waals surface area (Å²) in [5.41, 5.74) is 3.87. The predicted molar refractivity (Wildman–Crippen MR) is 96.7 cm³/mol. The number of hydrogen-bond acceptors (Lipinski definition) is 5. The quantitative estimate of drug-likeness (QED) is 0.746. The van der Waals surface area contributed by atoms with Gasteiger partial charge in [0.2, 0.25) is 0 Å². The van der Waals surface area contributed by atoms with Crippen LogP contribution in [0, 0.1) is 20.8 Å². The smallest absolute Gasteiger partial charge is 0.323 e. The van der Waals surface area contributed by atoms with Gasteiger partial charge in [-0.2, -0.15) is 5.10 Å². The molecule has 8 nitrogen and oxygen atoms in total. The van der Waals surface area contributed by atoms with E-state index in [1.165, 1.54) is 0 Å². The zero-order valence-corrected chi connectivity index (χ0v) is 14.9. The Morgan fingerprint density at radius 3 is 2.65 bits per heavy atom. The third-order valence-electron chi connectivity index (χ3n) is 4.31. The molecule has 3 aromatic heterocycles. The number of amides is 2. The Balaban J connectivity index is 1.45. The van der Waals surface area contributed by atoms with E-state index in [2.05, 4.69) is 25.9 Å². The molecule has 8 heteroatoms. The minimum Gasteiger partial charge on any atom is -0.359 e. The Kier molecular flexibility index (Phi) is 3.95. The second-order valence-corrected chi connectivity index (χ2v) is 6.60. The first-order valence-electron chi connectivity index (χ1n) is 8.55. The van der Waals surface area contributed by atoms with Crippen LogP contribution in [0.5, 0.6) is 0 Å². The molecule has 1 fully saturated rings. The number of rotatable bonds is 4. The van der Waals surface area contributed by atoms with Crippen molar-refractivity contribution in [1.82, 2.24) is 19.9 Å². The van der Waals surface area contributed by atoms with Crippen molar-refractivity contribution in [3.8, 4) is 5.82 Å². The predicted octanol–water partition coefficient (Wildman–Crippen LogP) is 3.70. The maximum Gasteiger partial charge on any atom is 0.323 e. The lowest BCUT2D eigenvalue weighted by atomic mass is 10.2. The Hall–Kier alpha value is -3.16. The number of pyridine rings is 1. The normalized spacial score (nSPS) is 13.7. The number of urea groups is 1. The number of carbonyl (C=O) groups is 1. The highest BCUT2D eigenvalue weighted by Crippen LogP contribution is 2.44. The molecule has 1 aliphatic carbocycles. The van der Waals surface area contributed by atoms with Crippen molar-refractivity contribution >= 4 is 17.4 Å². The van der Waals surface area contributed by atoms with E-state index >= 15 is 0 Å². The Labute approximate surface area is 150 Å². The molecule has 3 aromatic rings. The van der Waals surface area contributed by atoms with Gasteiger partial charge in [0.25, 0.3) is 0 Å². The summed E-state index contributed by atoms with van der Waals surface area (Å²) in [6.45, 7) is 5.72. The Bertz CT molecular complexity index is 953. The molecule has 0 spiro atoms. The van der Waals surface area contributed by atoms with Crippen LogP contribution >= 0.6 is 0 Å². The summed E-state index contributed by atoms with van der Waals surface area (Å²) in [5, 5.41) is 14.0. The molecular weight excluding hydrogens is 332 g/mol. The molecule has 3 heterocycles. The van der Waals surface area contributed by atoms with Gasteiger partial charge in [-0.05, 0) is 51.8 Å². The van der Waals surface area contributed by atoms with Crippen LogP contribution in [-0.4, -0.2) is 26.0 Å². The highest BCUT2D eigenvalue weighted by atomic mass is 16.5. The second kappa shape index (κ2) is 6.29. The number of carbonyl (C=O) groups excluding carboxylic acids is 1. The van der Waals surface area contributed by atoms with Crippen LogP contribution in [0.1, 0.15) is 41.6 Å². The zero-order valence-electron chi connectivity index (χ0n) is 14.9. The summed E-state index contributed by atoms with van der Waals surface area (Å²) in [5.74, 6) is 1.83. The summed E-state index contributed by atoms with van der Waals surface area (Å²) in [7, 11) is 0. The molecule has 0 radical (unpaired) electrons. The van der Waals surface area contributed by atoms with Gasteiger partial charge in [-0.1, -0.05) is 5.16 Å². The van der Waals surface area contributed by atoms with Gasteiger partial charge >= 0.3 is 6.03 Å². The average molecular weight is 352 g/mol. The molecule has 26 heavy (non-hydrogen) atoms. The maximum atomic E-state index is 12.3. The van der Waals surface area contributed by atoms with Gasteiger partial charge in [-0.25, -0.2) is 14.5 Å². The summed E-state index contributed by atoms with van der Waals surface area (Å²) in [6.07, 6.45) is 3.75. The van der Waals surface area contributed by atoms with E-state index in [-0.39, 0.29) is 6.03 Å². The summed E-state index contributed by atoms with van der Waals surface area (Å²) >= 11 is 0. The number of aromatic nitrogens is 4. The topological polar surface area (TPSA) is 97.9 Å². The molecule has 134 valence electrons. The zero-order chi connectivity index (χ0) is 18.3. The molecule has 0 unspecified atom stereocenters. The van der Waals surface area contributed by atoms with Crippen LogP contribution in [0.2, 0.25) is 0 Å². The molecule has 0 aliphatic heterocycles. The van der Waals surface area contributed by atoms with Crippen LogP contribution < -0.4 is 10.6 Å².